The zero-order chi connectivity index (χ0) is 24.8. The van der Waals surface area contributed by atoms with Gasteiger partial charge in [0, 0.05) is 35.8 Å². The number of unbranched alkanes of at least 4 members (excludes halogenated alkanes) is 1. The lowest BCUT2D eigenvalue weighted by Gasteiger charge is -2.12. The number of ether oxygens (including phenoxy) is 2. The van der Waals surface area contributed by atoms with Gasteiger partial charge in [-0.3, -0.25) is 0 Å². The van der Waals surface area contributed by atoms with Crippen LogP contribution in [0.25, 0.3) is 22.2 Å². The zero-order valence-electron chi connectivity index (χ0n) is 20.2. The molecule has 0 radical (unpaired) electrons. The number of nitrogens with one attached hydrogen (secondary N) is 1. The summed E-state index contributed by atoms with van der Waals surface area (Å²) in [6, 6.07) is 15.1. The summed E-state index contributed by atoms with van der Waals surface area (Å²) >= 11 is 0. The average Bonchev–Trinajstić information content (AvgIpc) is 3.19. The van der Waals surface area contributed by atoms with Crippen LogP contribution >= 0.6 is 0 Å². The van der Waals surface area contributed by atoms with E-state index in [9.17, 15) is 9.90 Å². The van der Waals surface area contributed by atoms with Crippen molar-refractivity contribution in [2.75, 3.05) is 25.6 Å². The van der Waals surface area contributed by atoms with E-state index in [1.165, 1.54) is 6.33 Å². The van der Waals surface area contributed by atoms with E-state index < -0.39 is 5.97 Å². The van der Waals surface area contributed by atoms with Gasteiger partial charge in [0.05, 0.1) is 24.9 Å². The number of nitrogens with zero attached hydrogens (tertiary/aromatic N) is 3. The number of carboxylic acids is 1. The number of hydrogen-bond donors (Lipinski definition) is 2. The summed E-state index contributed by atoms with van der Waals surface area (Å²) in [6.07, 6.45) is 3.32. The molecule has 0 bridgehead atoms. The second-order valence-electron chi connectivity index (χ2n) is 8.26. The normalized spacial score (nSPS) is 10.9. The molecule has 2 N–H and O–H groups in total. The molecule has 2 aromatic heterocycles. The molecule has 0 spiro atoms. The minimum Gasteiger partial charge on any atom is -0.496 e. The first-order chi connectivity index (χ1) is 17.0. The van der Waals surface area contributed by atoms with Crippen molar-refractivity contribution in [3.63, 3.8) is 0 Å². The van der Waals surface area contributed by atoms with Gasteiger partial charge in [-0.25, -0.2) is 14.8 Å². The number of carboxylic acid groups (broad SMARTS) is 1. The van der Waals surface area contributed by atoms with Crippen LogP contribution in [0, 0.1) is 6.92 Å². The Morgan fingerprint density at radius 3 is 2.74 bits per heavy atom. The molecule has 8 heteroatoms. The highest BCUT2D eigenvalue weighted by atomic mass is 16.5. The highest BCUT2D eigenvalue weighted by molar-refractivity contribution is 5.92. The van der Waals surface area contributed by atoms with Gasteiger partial charge in [0.2, 0.25) is 0 Å². The molecule has 8 nitrogen and oxygen atoms in total. The summed E-state index contributed by atoms with van der Waals surface area (Å²) in [4.78, 5) is 20.3. The predicted octanol–water partition coefficient (Wildman–Crippen LogP) is 5.40. The van der Waals surface area contributed by atoms with Gasteiger partial charge in [0.1, 0.15) is 29.2 Å². The summed E-state index contributed by atoms with van der Waals surface area (Å²) < 4.78 is 13.5. The van der Waals surface area contributed by atoms with Crippen molar-refractivity contribution >= 4 is 22.7 Å². The first-order valence-electron chi connectivity index (χ1n) is 11.7. The number of rotatable bonds is 11. The fourth-order valence-corrected chi connectivity index (χ4v) is 4.08. The molecule has 0 atom stereocenters. The molecule has 35 heavy (non-hydrogen) atoms. The summed E-state index contributed by atoms with van der Waals surface area (Å²) in [5.74, 6) is 0.891. The van der Waals surface area contributed by atoms with Crippen molar-refractivity contribution in [1.29, 1.82) is 0 Å². The fourth-order valence-electron chi connectivity index (χ4n) is 4.08. The number of aryl methyl sites for hydroxylation is 1. The first kappa shape index (κ1) is 24.1. The fraction of sp³-hybridized carbons (Fsp3) is 0.296. The van der Waals surface area contributed by atoms with Crippen LogP contribution in [0.15, 0.2) is 54.9 Å². The molecule has 4 rings (SSSR count). The van der Waals surface area contributed by atoms with Gasteiger partial charge in [0.25, 0.3) is 0 Å². The molecule has 2 heterocycles. The molecule has 0 aliphatic heterocycles. The lowest BCUT2D eigenvalue weighted by atomic mass is 10.1. The third kappa shape index (κ3) is 5.37. The zero-order valence-corrected chi connectivity index (χ0v) is 20.2. The molecule has 0 aliphatic rings. The van der Waals surface area contributed by atoms with E-state index in [1.807, 2.05) is 18.2 Å². The summed E-state index contributed by atoms with van der Waals surface area (Å²) in [6.45, 7) is 6.04. The molecular formula is C27H30N4O4. The van der Waals surface area contributed by atoms with Crippen LogP contribution in [-0.4, -0.2) is 45.9 Å². The smallest absolute Gasteiger partial charge is 0.339 e. The van der Waals surface area contributed by atoms with Crippen molar-refractivity contribution in [2.45, 2.75) is 33.2 Å². The van der Waals surface area contributed by atoms with Gasteiger partial charge in [-0.05, 0) is 43.7 Å². The van der Waals surface area contributed by atoms with Crippen molar-refractivity contribution in [1.82, 2.24) is 14.5 Å². The lowest BCUT2D eigenvalue weighted by molar-refractivity contribution is 0.0692. The molecule has 0 amide bonds. The van der Waals surface area contributed by atoms with Crippen LogP contribution in [-0.2, 0) is 6.54 Å². The van der Waals surface area contributed by atoms with Gasteiger partial charge in [0.15, 0.2) is 0 Å². The number of hydrogen-bond acceptors (Lipinski definition) is 6. The van der Waals surface area contributed by atoms with Crippen LogP contribution in [0.4, 0.5) is 5.82 Å². The number of carbonyl (C=O) groups is 1. The molecule has 0 unspecified atom stereocenters. The van der Waals surface area contributed by atoms with Gasteiger partial charge >= 0.3 is 5.97 Å². The maximum atomic E-state index is 11.6. The van der Waals surface area contributed by atoms with E-state index in [4.69, 9.17) is 9.47 Å². The molecule has 0 saturated heterocycles. The van der Waals surface area contributed by atoms with E-state index in [-0.39, 0.29) is 5.56 Å². The maximum absolute atomic E-state index is 11.6. The quantitative estimate of drug-likeness (QED) is 0.281. The minimum absolute atomic E-state index is 0.142. The Morgan fingerprint density at radius 1 is 1.11 bits per heavy atom. The van der Waals surface area contributed by atoms with Crippen molar-refractivity contribution in [3.8, 4) is 22.8 Å². The summed E-state index contributed by atoms with van der Waals surface area (Å²) in [7, 11) is 1.69. The number of benzene rings is 2. The van der Waals surface area contributed by atoms with Crippen LogP contribution in [0.3, 0.4) is 0 Å². The Balaban J connectivity index is 1.49. The van der Waals surface area contributed by atoms with E-state index in [0.717, 1.165) is 47.3 Å². The van der Waals surface area contributed by atoms with Gasteiger partial charge in [-0.15, -0.1) is 0 Å². The van der Waals surface area contributed by atoms with Gasteiger partial charge < -0.3 is 24.5 Å². The first-order valence-corrected chi connectivity index (χ1v) is 11.7. The number of methoxy groups -OCH3 is 1. The van der Waals surface area contributed by atoms with E-state index in [0.29, 0.717) is 30.4 Å². The molecule has 0 fully saturated rings. The number of aromatic nitrogens is 3. The molecule has 2 aromatic carbocycles. The lowest BCUT2D eigenvalue weighted by Crippen LogP contribution is -2.12. The maximum Gasteiger partial charge on any atom is 0.339 e. The van der Waals surface area contributed by atoms with Crippen LogP contribution in [0.5, 0.6) is 11.5 Å². The van der Waals surface area contributed by atoms with Crippen molar-refractivity contribution < 1.29 is 19.4 Å². The molecule has 0 aliphatic carbocycles. The Bertz CT molecular complexity index is 1330. The standard InChI is InChI=1S/C27H30N4O4/c1-4-5-13-35-25-15-19(9-10-20(25)27(32)33)22-16-26(30-17-29-22)28-11-12-31-18(2)14-21-23(31)7-6-8-24(21)34-3/h6-10,14-17H,4-5,11-13H2,1-3H3,(H,32,33)(H,28,29,30). The number of aromatic carboxylic acids is 1. The van der Waals surface area contributed by atoms with Gasteiger partial charge in [-0.2, -0.15) is 0 Å². The topological polar surface area (TPSA) is 98.5 Å². The average molecular weight is 475 g/mol. The van der Waals surface area contributed by atoms with Crippen LogP contribution in [0.1, 0.15) is 35.8 Å². The number of anilines is 1. The number of fused-ring (bicyclic) bond motifs is 1. The van der Waals surface area contributed by atoms with Crippen LogP contribution < -0.4 is 14.8 Å². The Labute approximate surface area is 204 Å². The summed E-state index contributed by atoms with van der Waals surface area (Å²) in [5.41, 5.74) is 3.88. The monoisotopic (exact) mass is 474 g/mol. The molecule has 0 saturated carbocycles. The summed E-state index contributed by atoms with van der Waals surface area (Å²) in [5, 5.41) is 14.0. The van der Waals surface area contributed by atoms with Crippen molar-refractivity contribution in [3.05, 3.63) is 66.1 Å². The van der Waals surface area contributed by atoms with E-state index >= 15 is 0 Å². The molecule has 182 valence electrons. The SMILES string of the molecule is CCCCOc1cc(-c2cc(NCCn3c(C)cc4c(OC)cccc43)ncn2)ccc1C(=O)O. The Morgan fingerprint density at radius 2 is 1.97 bits per heavy atom. The second-order valence-corrected chi connectivity index (χ2v) is 8.26. The van der Waals surface area contributed by atoms with Gasteiger partial charge in [-0.1, -0.05) is 25.5 Å². The van der Waals surface area contributed by atoms with Crippen molar-refractivity contribution in [2.24, 2.45) is 0 Å². The molecule has 4 aromatic rings. The highest BCUT2D eigenvalue weighted by Gasteiger charge is 2.14. The molecular weight excluding hydrogens is 444 g/mol. The minimum atomic E-state index is -1.02. The third-order valence-corrected chi connectivity index (χ3v) is 5.90. The largest absolute Gasteiger partial charge is 0.496 e. The second kappa shape index (κ2) is 10.9. The predicted molar refractivity (Wildman–Crippen MR) is 137 cm³/mol. The Kier molecular flexibility index (Phi) is 7.50. The van der Waals surface area contributed by atoms with E-state index in [2.05, 4.69) is 45.8 Å². The van der Waals surface area contributed by atoms with E-state index in [1.54, 1.807) is 25.3 Å². The Hall–Kier alpha value is -4.07. The third-order valence-electron chi connectivity index (χ3n) is 5.90. The highest BCUT2D eigenvalue weighted by Crippen LogP contribution is 2.29. The van der Waals surface area contributed by atoms with Crippen LogP contribution in [0.2, 0.25) is 0 Å².